The van der Waals surface area contributed by atoms with Crippen LogP contribution in [-0.4, -0.2) is 47.5 Å². The Balaban J connectivity index is 1.95. The smallest absolute Gasteiger partial charge is 0.410 e. The summed E-state index contributed by atoms with van der Waals surface area (Å²) in [4.78, 5) is 13.8. The number of benzene rings is 1. The van der Waals surface area contributed by atoms with Crippen molar-refractivity contribution in [3.05, 3.63) is 28.8 Å². The Bertz CT molecular complexity index is 541. The van der Waals surface area contributed by atoms with Crippen molar-refractivity contribution in [2.24, 2.45) is 0 Å². The third-order valence-corrected chi connectivity index (χ3v) is 3.57. The fourth-order valence-electron chi connectivity index (χ4n) is 2.28. The number of rotatable bonds is 2. The molecule has 1 N–H and O–H groups in total. The maximum atomic E-state index is 12.1. The predicted octanol–water partition coefficient (Wildman–Crippen LogP) is 3.22. The second-order valence-electron chi connectivity index (χ2n) is 6.41. The van der Waals surface area contributed by atoms with Crippen molar-refractivity contribution in [1.82, 2.24) is 4.90 Å². The molecule has 0 saturated carbocycles. The van der Waals surface area contributed by atoms with Crippen LogP contribution in [0.4, 0.5) is 4.79 Å². The van der Waals surface area contributed by atoms with Crippen LogP contribution in [0.25, 0.3) is 0 Å². The minimum atomic E-state index is -0.505. The zero-order valence-electron chi connectivity index (χ0n) is 13.1. The van der Waals surface area contributed by atoms with Crippen molar-refractivity contribution >= 4 is 17.7 Å². The number of phenolic OH excluding ortho intramolecular Hbond substituents is 1. The molecule has 1 amide bonds. The first-order valence-corrected chi connectivity index (χ1v) is 7.69. The second-order valence-corrected chi connectivity index (χ2v) is 6.82. The van der Waals surface area contributed by atoms with E-state index in [0.29, 0.717) is 31.1 Å². The molecule has 1 aliphatic heterocycles. The topological polar surface area (TPSA) is 59.0 Å². The number of ether oxygens (including phenoxy) is 2. The van der Waals surface area contributed by atoms with Crippen molar-refractivity contribution in [3.8, 4) is 5.75 Å². The molecular formula is C16H22ClNO4. The van der Waals surface area contributed by atoms with Crippen molar-refractivity contribution in [2.75, 3.05) is 19.7 Å². The second kappa shape index (κ2) is 6.75. The largest absolute Gasteiger partial charge is 0.506 e. The highest BCUT2D eigenvalue weighted by molar-refractivity contribution is 6.32. The molecule has 1 aromatic rings. The van der Waals surface area contributed by atoms with Crippen molar-refractivity contribution in [2.45, 2.75) is 38.9 Å². The van der Waals surface area contributed by atoms with Gasteiger partial charge >= 0.3 is 6.09 Å². The number of nitrogens with zero attached hydrogens (tertiary/aromatic N) is 1. The molecule has 1 heterocycles. The Morgan fingerprint density at radius 3 is 2.86 bits per heavy atom. The molecule has 1 atom stereocenters. The van der Waals surface area contributed by atoms with Crippen LogP contribution in [0.5, 0.6) is 5.75 Å². The van der Waals surface area contributed by atoms with E-state index >= 15 is 0 Å². The van der Waals surface area contributed by atoms with Crippen LogP contribution in [0.2, 0.25) is 5.02 Å². The number of carbonyl (C=O) groups excluding carboxylic acids is 1. The minimum absolute atomic E-state index is 0.0605. The lowest BCUT2D eigenvalue weighted by Crippen LogP contribution is -2.48. The average Bonchev–Trinajstić information content (AvgIpc) is 2.41. The van der Waals surface area contributed by atoms with Gasteiger partial charge in [-0.05, 0) is 38.5 Å². The van der Waals surface area contributed by atoms with Gasteiger partial charge < -0.3 is 19.5 Å². The predicted molar refractivity (Wildman–Crippen MR) is 84.4 cm³/mol. The molecule has 0 bridgehead atoms. The van der Waals surface area contributed by atoms with E-state index in [1.807, 2.05) is 20.8 Å². The number of hydrogen-bond donors (Lipinski definition) is 1. The summed E-state index contributed by atoms with van der Waals surface area (Å²) < 4.78 is 11.1. The Labute approximate surface area is 135 Å². The maximum Gasteiger partial charge on any atom is 0.410 e. The SMILES string of the molecule is CC(C)(C)OC(=O)N1CCO[C@H](Cc2ccc(O)c(Cl)c2)C1. The van der Waals surface area contributed by atoms with E-state index in [0.717, 1.165) is 5.56 Å². The summed E-state index contributed by atoms with van der Waals surface area (Å²) in [6.07, 6.45) is 0.200. The first-order chi connectivity index (χ1) is 10.2. The van der Waals surface area contributed by atoms with Gasteiger partial charge in [0.1, 0.15) is 11.4 Å². The third-order valence-electron chi connectivity index (χ3n) is 3.27. The number of hydrogen-bond acceptors (Lipinski definition) is 4. The fraction of sp³-hybridized carbons (Fsp3) is 0.562. The summed E-state index contributed by atoms with van der Waals surface area (Å²) in [5.41, 5.74) is 0.453. The highest BCUT2D eigenvalue weighted by Crippen LogP contribution is 2.25. The van der Waals surface area contributed by atoms with Crippen LogP contribution in [-0.2, 0) is 15.9 Å². The van der Waals surface area contributed by atoms with Crippen molar-refractivity contribution < 1.29 is 19.4 Å². The average molecular weight is 328 g/mol. The number of aromatic hydroxyl groups is 1. The summed E-state index contributed by atoms with van der Waals surface area (Å²) in [6, 6.07) is 5.08. The number of morpholine rings is 1. The molecule has 6 heteroatoms. The molecule has 0 aliphatic carbocycles. The summed E-state index contributed by atoms with van der Waals surface area (Å²) in [5, 5.41) is 9.76. The first-order valence-electron chi connectivity index (χ1n) is 7.31. The molecule has 0 spiro atoms. The number of halogens is 1. The van der Waals surface area contributed by atoms with Crippen LogP contribution in [0.1, 0.15) is 26.3 Å². The van der Waals surface area contributed by atoms with Crippen molar-refractivity contribution in [1.29, 1.82) is 0 Å². The van der Waals surface area contributed by atoms with Crippen LogP contribution in [0, 0.1) is 0 Å². The van der Waals surface area contributed by atoms with Gasteiger partial charge in [0, 0.05) is 13.0 Å². The van der Waals surface area contributed by atoms with Crippen LogP contribution < -0.4 is 0 Å². The molecule has 0 aromatic heterocycles. The van der Waals surface area contributed by atoms with Gasteiger partial charge in [-0.2, -0.15) is 0 Å². The van der Waals surface area contributed by atoms with Crippen LogP contribution in [0.15, 0.2) is 18.2 Å². The number of carbonyl (C=O) groups is 1. The molecule has 22 heavy (non-hydrogen) atoms. The number of amides is 1. The van der Waals surface area contributed by atoms with E-state index in [4.69, 9.17) is 21.1 Å². The highest BCUT2D eigenvalue weighted by atomic mass is 35.5. The molecule has 2 rings (SSSR count). The maximum absolute atomic E-state index is 12.1. The lowest BCUT2D eigenvalue weighted by atomic mass is 10.1. The monoisotopic (exact) mass is 327 g/mol. The summed E-state index contributed by atoms with van der Waals surface area (Å²) in [5.74, 6) is 0.0605. The van der Waals surface area contributed by atoms with Gasteiger partial charge in [0.15, 0.2) is 0 Å². The zero-order valence-corrected chi connectivity index (χ0v) is 13.9. The molecular weight excluding hydrogens is 306 g/mol. The Morgan fingerprint density at radius 1 is 1.50 bits per heavy atom. The van der Waals surface area contributed by atoms with Gasteiger partial charge in [-0.15, -0.1) is 0 Å². The summed E-state index contributed by atoms with van der Waals surface area (Å²) in [7, 11) is 0. The molecule has 0 unspecified atom stereocenters. The lowest BCUT2D eigenvalue weighted by Gasteiger charge is -2.34. The molecule has 1 fully saturated rings. The van der Waals surface area contributed by atoms with E-state index in [9.17, 15) is 9.90 Å². The van der Waals surface area contributed by atoms with E-state index in [1.165, 1.54) is 0 Å². The normalized spacial score (nSPS) is 19.1. The highest BCUT2D eigenvalue weighted by Gasteiger charge is 2.28. The Hall–Kier alpha value is -1.46. The van der Waals surface area contributed by atoms with Gasteiger partial charge in [-0.1, -0.05) is 17.7 Å². The quantitative estimate of drug-likeness (QED) is 0.906. The molecule has 5 nitrogen and oxygen atoms in total. The van der Waals surface area contributed by atoms with Gasteiger partial charge in [0.25, 0.3) is 0 Å². The van der Waals surface area contributed by atoms with Gasteiger partial charge in [0.2, 0.25) is 0 Å². The van der Waals surface area contributed by atoms with E-state index in [-0.39, 0.29) is 17.9 Å². The molecule has 1 aliphatic rings. The van der Waals surface area contributed by atoms with Crippen LogP contribution >= 0.6 is 11.6 Å². The Morgan fingerprint density at radius 2 is 2.23 bits per heavy atom. The fourth-order valence-corrected chi connectivity index (χ4v) is 2.48. The Kier molecular flexibility index (Phi) is 5.19. The zero-order chi connectivity index (χ0) is 16.3. The van der Waals surface area contributed by atoms with Gasteiger partial charge in [0.05, 0.1) is 24.3 Å². The molecule has 122 valence electrons. The third kappa shape index (κ3) is 4.78. The lowest BCUT2D eigenvalue weighted by molar-refractivity contribution is -0.0415. The molecule has 0 radical (unpaired) electrons. The number of phenols is 1. The minimum Gasteiger partial charge on any atom is -0.506 e. The van der Waals surface area contributed by atoms with E-state index < -0.39 is 5.60 Å². The standard InChI is InChI=1S/C16H22ClNO4/c1-16(2,3)22-15(20)18-6-7-21-12(10-18)8-11-4-5-14(19)13(17)9-11/h4-5,9,12,19H,6-8,10H2,1-3H3/t12-/m1/s1. The first kappa shape index (κ1) is 16.9. The van der Waals surface area contributed by atoms with Crippen molar-refractivity contribution in [3.63, 3.8) is 0 Å². The summed E-state index contributed by atoms with van der Waals surface area (Å²) in [6.45, 7) is 7.04. The van der Waals surface area contributed by atoms with E-state index in [2.05, 4.69) is 0 Å². The van der Waals surface area contributed by atoms with E-state index in [1.54, 1.807) is 23.1 Å². The van der Waals surface area contributed by atoms with Gasteiger partial charge in [-0.25, -0.2) is 4.79 Å². The van der Waals surface area contributed by atoms with Gasteiger partial charge in [-0.3, -0.25) is 0 Å². The summed E-state index contributed by atoms with van der Waals surface area (Å²) >= 11 is 5.91. The molecule has 1 aromatic carbocycles. The molecule has 1 saturated heterocycles. The van der Waals surface area contributed by atoms with Crippen LogP contribution in [0.3, 0.4) is 0 Å².